The number of aliphatic hydroxyl groups excluding tert-OH is 1. The lowest BCUT2D eigenvalue weighted by Gasteiger charge is -2.11. The smallest absolute Gasteiger partial charge is 0.141 e. The first kappa shape index (κ1) is 14.0. The normalized spacial score (nSPS) is 12.8. The maximum Gasteiger partial charge on any atom is 0.141 e. The van der Waals surface area contributed by atoms with E-state index in [0.717, 1.165) is 16.9 Å². The third-order valence-corrected chi connectivity index (χ3v) is 3.87. The summed E-state index contributed by atoms with van der Waals surface area (Å²) in [7, 11) is 1.91. The molecule has 0 radical (unpaired) electrons. The minimum atomic E-state index is -0.779. The molecule has 3 rings (SSSR count). The Hall–Kier alpha value is -1.91. The van der Waals surface area contributed by atoms with Gasteiger partial charge in [-0.1, -0.05) is 29.8 Å². The predicted molar refractivity (Wildman–Crippen MR) is 80.8 cm³/mol. The zero-order valence-electron chi connectivity index (χ0n) is 11.4. The van der Waals surface area contributed by atoms with E-state index in [4.69, 9.17) is 11.6 Å². The van der Waals surface area contributed by atoms with Gasteiger partial charge in [0.25, 0.3) is 0 Å². The molecule has 0 bridgehead atoms. The molecule has 0 aliphatic carbocycles. The van der Waals surface area contributed by atoms with Crippen LogP contribution in [0.1, 0.15) is 17.5 Å². The average Bonchev–Trinajstić information content (AvgIpc) is 2.79. The van der Waals surface area contributed by atoms with Gasteiger partial charge < -0.3 is 9.67 Å². The number of imidazole rings is 1. The largest absolute Gasteiger partial charge is 0.388 e. The summed E-state index contributed by atoms with van der Waals surface area (Å²) in [5.74, 6) is 0.277. The second-order valence-electron chi connectivity index (χ2n) is 4.97. The molecule has 0 aliphatic rings. The molecule has 1 aromatic heterocycles. The first-order valence-electron chi connectivity index (χ1n) is 6.59. The number of halogens is 2. The molecule has 21 heavy (non-hydrogen) atoms. The van der Waals surface area contributed by atoms with Gasteiger partial charge in [-0.25, -0.2) is 9.37 Å². The number of hydrogen-bond donors (Lipinski definition) is 1. The highest BCUT2D eigenvalue weighted by atomic mass is 35.5. The van der Waals surface area contributed by atoms with Crippen LogP contribution in [0, 0.1) is 5.82 Å². The average molecular weight is 305 g/mol. The van der Waals surface area contributed by atoms with E-state index in [2.05, 4.69) is 4.98 Å². The van der Waals surface area contributed by atoms with E-state index in [1.165, 1.54) is 18.2 Å². The number of nitrogens with zero attached hydrogens (tertiary/aromatic N) is 2. The molecule has 108 valence electrons. The van der Waals surface area contributed by atoms with Crippen molar-refractivity contribution in [2.24, 2.45) is 7.05 Å². The van der Waals surface area contributed by atoms with Gasteiger partial charge in [-0.15, -0.1) is 0 Å². The van der Waals surface area contributed by atoms with Crippen molar-refractivity contribution in [3.8, 4) is 0 Å². The van der Waals surface area contributed by atoms with Crippen molar-refractivity contribution in [2.45, 2.75) is 12.5 Å². The predicted octanol–water partition coefficient (Wildman–Crippen LogP) is 3.64. The van der Waals surface area contributed by atoms with Crippen LogP contribution in [0.2, 0.25) is 5.02 Å². The Balaban J connectivity index is 1.90. The molecule has 0 saturated carbocycles. The Bertz CT molecular complexity index is 800. The molecule has 0 aliphatic heterocycles. The number of rotatable bonds is 3. The van der Waals surface area contributed by atoms with E-state index in [1.54, 1.807) is 0 Å². The van der Waals surface area contributed by atoms with Crippen molar-refractivity contribution in [3.63, 3.8) is 0 Å². The second kappa shape index (κ2) is 5.47. The van der Waals surface area contributed by atoms with Crippen molar-refractivity contribution in [3.05, 3.63) is 64.7 Å². The summed E-state index contributed by atoms with van der Waals surface area (Å²) in [5, 5.41) is 10.3. The lowest BCUT2D eigenvalue weighted by atomic mass is 10.1. The fourth-order valence-corrected chi connectivity index (χ4v) is 2.58. The number of hydrogen-bond acceptors (Lipinski definition) is 2. The van der Waals surface area contributed by atoms with Crippen LogP contribution in [0.4, 0.5) is 4.39 Å². The molecule has 3 nitrogen and oxygen atoms in total. The maximum absolute atomic E-state index is 13.2. The van der Waals surface area contributed by atoms with Crippen molar-refractivity contribution in [2.75, 3.05) is 0 Å². The Morgan fingerprint density at radius 2 is 2.05 bits per heavy atom. The molecule has 2 aromatic carbocycles. The molecule has 1 unspecified atom stereocenters. The van der Waals surface area contributed by atoms with Gasteiger partial charge in [0.1, 0.15) is 11.6 Å². The van der Waals surface area contributed by atoms with Crippen LogP contribution >= 0.6 is 11.6 Å². The van der Waals surface area contributed by atoms with Gasteiger partial charge in [0.05, 0.1) is 22.2 Å². The van der Waals surface area contributed by atoms with Crippen LogP contribution in [0.3, 0.4) is 0 Å². The number of para-hydroxylation sites is 2. The topological polar surface area (TPSA) is 38.0 Å². The van der Waals surface area contributed by atoms with Crippen LogP contribution in [-0.4, -0.2) is 14.7 Å². The Morgan fingerprint density at radius 1 is 1.29 bits per heavy atom. The zero-order valence-corrected chi connectivity index (χ0v) is 12.2. The Kier molecular flexibility index (Phi) is 3.66. The summed E-state index contributed by atoms with van der Waals surface area (Å²) >= 11 is 5.75. The zero-order chi connectivity index (χ0) is 15.0. The molecule has 1 N–H and O–H groups in total. The van der Waals surface area contributed by atoms with Crippen molar-refractivity contribution in [1.82, 2.24) is 9.55 Å². The first-order valence-corrected chi connectivity index (χ1v) is 6.97. The summed E-state index contributed by atoms with van der Waals surface area (Å²) in [6, 6.07) is 12.0. The summed E-state index contributed by atoms with van der Waals surface area (Å²) in [6.45, 7) is 0. The van der Waals surface area contributed by atoms with Crippen molar-refractivity contribution in [1.29, 1.82) is 0 Å². The minimum Gasteiger partial charge on any atom is -0.388 e. The molecule has 0 amide bonds. The highest BCUT2D eigenvalue weighted by molar-refractivity contribution is 6.30. The molecule has 1 atom stereocenters. The van der Waals surface area contributed by atoms with Gasteiger partial charge in [-0.2, -0.15) is 0 Å². The molecule has 5 heteroatoms. The Labute approximate surface area is 126 Å². The highest BCUT2D eigenvalue weighted by Crippen LogP contribution is 2.24. The monoisotopic (exact) mass is 304 g/mol. The van der Waals surface area contributed by atoms with Gasteiger partial charge in [-0.05, 0) is 29.8 Å². The second-order valence-corrected chi connectivity index (χ2v) is 5.38. The SMILES string of the molecule is Cn1c(CC(O)c2ccc(F)c(Cl)c2)nc2ccccc21. The van der Waals surface area contributed by atoms with E-state index in [9.17, 15) is 9.50 Å². The van der Waals surface area contributed by atoms with Gasteiger partial charge in [0.15, 0.2) is 0 Å². The molecule has 1 heterocycles. The lowest BCUT2D eigenvalue weighted by molar-refractivity contribution is 0.175. The van der Waals surface area contributed by atoms with E-state index in [0.29, 0.717) is 12.0 Å². The molecule has 3 aromatic rings. The molecular weight excluding hydrogens is 291 g/mol. The lowest BCUT2D eigenvalue weighted by Crippen LogP contribution is -2.07. The van der Waals surface area contributed by atoms with Crippen LogP contribution in [0.5, 0.6) is 0 Å². The third-order valence-electron chi connectivity index (χ3n) is 3.58. The number of fused-ring (bicyclic) bond motifs is 1. The molecule has 0 spiro atoms. The van der Waals surface area contributed by atoms with E-state index in [-0.39, 0.29) is 5.02 Å². The quantitative estimate of drug-likeness (QED) is 0.802. The maximum atomic E-state index is 13.2. The summed E-state index contributed by atoms with van der Waals surface area (Å²) in [6.07, 6.45) is -0.439. The number of benzene rings is 2. The van der Waals surface area contributed by atoms with E-state index < -0.39 is 11.9 Å². The minimum absolute atomic E-state index is 0.0107. The summed E-state index contributed by atoms with van der Waals surface area (Å²) < 4.78 is 15.1. The van der Waals surface area contributed by atoms with Crippen LogP contribution in [-0.2, 0) is 13.5 Å². The van der Waals surface area contributed by atoms with Gasteiger partial charge >= 0.3 is 0 Å². The van der Waals surface area contributed by atoms with Gasteiger partial charge in [0.2, 0.25) is 0 Å². The number of aliphatic hydroxyl groups is 1. The Morgan fingerprint density at radius 3 is 2.76 bits per heavy atom. The number of aryl methyl sites for hydroxylation is 1. The fraction of sp³-hybridized carbons (Fsp3) is 0.188. The molecule has 0 saturated heterocycles. The van der Waals surface area contributed by atoms with Crippen LogP contribution in [0.15, 0.2) is 42.5 Å². The van der Waals surface area contributed by atoms with Crippen molar-refractivity contribution >= 4 is 22.6 Å². The molecular formula is C16H14ClFN2O. The number of aromatic nitrogens is 2. The highest BCUT2D eigenvalue weighted by Gasteiger charge is 2.15. The van der Waals surface area contributed by atoms with Crippen molar-refractivity contribution < 1.29 is 9.50 Å². The first-order chi connectivity index (χ1) is 10.1. The van der Waals surface area contributed by atoms with Gasteiger partial charge in [-0.3, -0.25) is 0 Å². The fourth-order valence-electron chi connectivity index (χ4n) is 2.39. The summed E-state index contributed by atoms with van der Waals surface area (Å²) in [4.78, 5) is 4.51. The third kappa shape index (κ3) is 2.64. The van der Waals surface area contributed by atoms with E-state index in [1.807, 2.05) is 35.9 Å². The van der Waals surface area contributed by atoms with E-state index >= 15 is 0 Å². The molecule has 0 fully saturated rings. The summed E-state index contributed by atoms with van der Waals surface area (Å²) in [5.41, 5.74) is 2.48. The van der Waals surface area contributed by atoms with Crippen LogP contribution < -0.4 is 0 Å². The van der Waals surface area contributed by atoms with Gasteiger partial charge in [0, 0.05) is 13.5 Å². The van der Waals surface area contributed by atoms with Crippen LogP contribution in [0.25, 0.3) is 11.0 Å². The standard InChI is InChI=1S/C16H14ClFN2O/c1-20-14-5-3-2-4-13(14)19-16(20)9-15(21)10-6-7-12(18)11(17)8-10/h2-8,15,21H,9H2,1H3.